The molecule has 128 valence electrons. The van der Waals surface area contributed by atoms with E-state index in [9.17, 15) is 14.4 Å². The summed E-state index contributed by atoms with van der Waals surface area (Å²) in [5, 5.41) is 2.91. The van der Waals surface area contributed by atoms with Crippen molar-refractivity contribution in [3.63, 3.8) is 0 Å². The molecule has 1 amide bonds. The van der Waals surface area contributed by atoms with Crippen LogP contribution in [0.1, 0.15) is 78.1 Å². The lowest BCUT2D eigenvalue weighted by Crippen LogP contribution is -2.28. The molecule has 0 rings (SSSR count). The molecule has 0 heterocycles. The summed E-state index contributed by atoms with van der Waals surface area (Å²) in [6, 6.07) is -0.383. The molecule has 0 aliphatic rings. The molecule has 5 heteroatoms. The lowest BCUT2D eigenvalue weighted by atomic mass is 10.1. The van der Waals surface area contributed by atoms with Gasteiger partial charge in [-0.05, 0) is 39.5 Å². The van der Waals surface area contributed by atoms with Crippen LogP contribution in [0.25, 0.3) is 0 Å². The zero-order valence-electron chi connectivity index (χ0n) is 14.2. The van der Waals surface area contributed by atoms with E-state index in [1.54, 1.807) is 6.92 Å². The predicted octanol–water partition coefficient (Wildman–Crippen LogP) is 2.51. The van der Waals surface area contributed by atoms with Crippen molar-refractivity contribution in [2.45, 2.75) is 84.1 Å². The van der Waals surface area contributed by atoms with Crippen molar-refractivity contribution >= 4 is 17.5 Å². The first kappa shape index (κ1) is 20.8. The Labute approximate surface area is 134 Å². The smallest absolute Gasteiger partial charge is 0.219 e. The first-order valence-corrected chi connectivity index (χ1v) is 8.45. The molecule has 0 aliphatic heterocycles. The standard InChI is InChI=1S/C17H32N2O3/c1-14(20)10-6-4-3-5-9-13-19-17(22)12-8-7-11-16(18)15(2)21/h16H,3-13,18H2,1-2H3,(H,19,22). The Morgan fingerprint density at radius 1 is 0.864 bits per heavy atom. The highest BCUT2D eigenvalue weighted by atomic mass is 16.1. The number of Topliss-reactive ketones (excluding diaryl/α,β-unsaturated/α-hetero) is 2. The zero-order chi connectivity index (χ0) is 16.8. The van der Waals surface area contributed by atoms with Gasteiger partial charge in [0.15, 0.2) is 0 Å². The number of rotatable bonds is 14. The van der Waals surface area contributed by atoms with E-state index in [0.29, 0.717) is 19.3 Å². The van der Waals surface area contributed by atoms with Gasteiger partial charge in [0.25, 0.3) is 0 Å². The molecule has 0 aromatic heterocycles. The zero-order valence-corrected chi connectivity index (χ0v) is 14.2. The number of carbonyl (C=O) groups is 3. The number of hydrogen-bond acceptors (Lipinski definition) is 4. The fourth-order valence-electron chi connectivity index (χ4n) is 2.20. The highest BCUT2D eigenvalue weighted by Gasteiger charge is 2.07. The molecule has 22 heavy (non-hydrogen) atoms. The molecule has 0 aromatic rings. The molecule has 5 nitrogen and oxygen atoms in total. The van der Waals surface area contributed by atoms with E-state index in [-0.39, 0.29) is 23.5 Å². The fourth-order valence-corrected chi connectivity index (χ4v) is 2.20. The summed E-state index contributed by atoms with van der Waals surface area (Å²) in [4.78, 5) is 33.3. The summed E-state index contributed by atoms with van der Waals surface area (Å²) in [5.41, 5.74) is 5.63. The largest absolute Gasteiger partial charge is 0.356 e. The molecule has 0 spiro atoms. The lowest BCUT2D eigenvalue weighted by molar-refractivity contribution is -0.121. The van der Waals surface area contributed by atoms with E-state index in [4.69, 9.17) is 5.73 Å². The highest BCUT2D eigenvalue weighted by molar-refractivity contribution is 5.81. The van der Waals surface area contributed by atoms with Crippen LogP contribution >= 0.6 is 0 Å². The molecule has 0 fully saturated rings. The van der Waals surface area contributed by atoms with E-state index >= 15 is 0 Å². The summed E-state index contributed by atoms with van der Waals surface area (Å²) >= 11 is 0. The van der Waals surface area contributed by atoms with Crippen molar-refractivity contribution in [3.8, 4) is 0 Å². The maximum Gasteiger partial charge on any atom is 0.219 e. The van der Waals surface area contributed by atoms with Gasteiger partial charge in [-0.25, -0.2) is 0 Å². The third kappa shape index (κ3) is 13.7. The van der Waals surface area contributed by atoms with Crippen LogP contribution in [-0.4, -0.2) is 30.1 Å². The van der Waals surface area contributed by atoms with Gasteiger partial charge in [0.05, 0.1) is 6.04 Å². The first-order chi connectivity index (χ1) is 10.4. The first-order valence-electron chi connectivity index (χ1n) is 8.45. The summed E-state index contributed by atoms with van der Waals surface area (Å²) in [6.07, 6.45) is 8.69. The molecule has 3 N–H and O–H groups in total. The molecule has 0 aromatic carbocycles. The van der Waals surface area contributed by atoms with E-state index in [1.165, 1.54) is 6.92 Å². The molecule has 0 aliphatic carbocycles. The molecule has 0 saturated heterocycles. The molecule has 0 bridgehead atoms. The molecule has 1 atom stereocenters. The monoisotopic (exact) mass is 312 g/mol. The van der Waals surface area contributed by atoms with Crippen molar-refractivity contribution < 1.29 is 14.4 Å². The summed E-state index contributed by atoms with van der Waals surface area (Å²) in [6.45, 7) is 3.85. The van der Waals surface area contributed by atoms with Gasteiger partial charge in [-0.1, -0.05) is 25.7 Å². The minimum absolute atomic E-state index is 0.00718. The van der Waals surface area contributed by atoms with Gasteiger partial charge >= 0.3 is 0 Å². The average Bonchev–Trinajstić information content (AvgIpc) is 2.45. The van der Waals surface area contributed by atoms with E-state index in [1.807, 2.05) is 0 Å². The molecule has 0 saturated carbocycles. The maximum absolute atomic E-state index is 11.6. The second-order valence-corrected chi connectivity index (χ2v) is 6.03. The number of amides is 1. The minimum atomic E-state index is -0.383. The topological polar surface area (TPSA) is 89.3 Å². The third-order valence-electron chi connectivity index (χ3n) is 3.72. The van der Waals surface area contributed by atoms with Crippen LogP contribution < -0.4 is 11.1 Å². The fraction of sp³-hybridized carbons (Fsp3) is 0.824. The van der Waals surface area contributed by atoms with Gasteiger partial charge in [-0.15, -0.1) is 0 Å². The van der Waals surface area contributed by atoms with Crippen molar-refractivity contribution in [2.75, 3.05) is 6.54 Å². The molecule has 0 radical (unpaired) electrons. The quantitative estimate of drug-likeness (QED) is 0.482. The van der Waals surface area contributed by atoms with Gasteiger partial charge in [0.2, 0.25) is 5.91 Å². The van der Waals surface area contributed by atoms with Crippen LogP contribution in [-0.2, 0) is 14.4 Å². The van der Waals surface area contributed by atoms with E-state index in [0.717, 1.165) is 51.5 Å². The van der Waals surface area contributed by atoms with Crippen LogP contribution in [0.5, 0.6) is 0 Å². The minimum Gasteiger partial charge on any atom is -0.356 e. The molecular weight excluding hydrogens is 280 g/mol. The Morgan fingerprint density at radius 2 is 1.45 bits per heavy atom. The number of hydrogen-bond donors (Lipinski definition) is 2. The lowest BCUT2D eigenvalue weighted by Gasteiger charge is -2.07. The van der Waals surface area contributed by atoms with Crippen LogP contribution in [0, 0.1) is 0 Å². The van der Waals surface area contributed by atoms with Crippen molar-refractivity contribution in [3.05, 3.63) is 0 Å². The Hall–Kier alpha value is -1.23. The van der Waals surface area contributed by atoms with Crippen LogP contribution in [0.15, 0.2) is 0 Å². The van der Waals surface area contributed by atoms with Gasteiger partial charge in [0, 0.05) is 19.4 Å². The van der Waals surface area contributed by atoms with E-state index < -0.39 is 0 Å². The van der Waals surface area contributed by atoms with Crippen LogP contribution in [0.2, 0.25) is 0 Å². The maximum atomic E-state index is 11.6. The van der Waals surface area contributed by atoms with Gasteiger partial charge in [-0.3, -0.25) is 9.59 Å². The number of nitrogens with two attached hydrogens (primary N) is 1. The second kappa shape index (κ2) is 13.4. The van der Waals surface area contributed by atoms with Crippen molar-refractivity contribution in [2.24, 2.45) is 5.73 Å². The SMILES string of the molecule is CC(=O)CCCCCCCNC(=O)CCCCC(N)C(C)=O. The molecular formula is C17H32N2O3. The van der Waals surface area contributed by atoms with Crippen molar-refractivity contribution in [1.29, 1.82) is 0 Å². The number of ketones is 2. The highest BCUT2D eigenvalue weighted by Crippen LogP contribution is 2.06. The van der Waals surface area contributed by atoms with Crippen molar-refractivity contribution in [1.82, 2.24) is 5.32 Å². The summed E-state index contributed by atoms with van der Waals surface area (Å²) in [5.74, 6) is 0.345. The second-order valence-electron chi connectivity index (χ2n) is 6.03. The number of carbonyl (C=O) groups excluding carboxylic acids is 3. The number of unbranched alkanes of at least 4 members (excludes halogenated alkanes) is 5. The van der Waals surface area contributed by atoms with Crippen LogP contribution in [0.4, 0.5) is 0 Å². The normalized spacial score (nSPS) is 12.0. The third-order valence-corrected chi connectivity index (χ3v) is 3.72. The number of nitrogens with one attached hydrogen (secondary N) is 1. The Morgan fingerprint density at radius 3 is 2.09 bits per heavy atom. The van der Waals surface area contributed by atoms with Gasteiger partial charge in [0.1, 0.15) is 11.6 Å². The Kier molecular flexibility index (Phi) is 12.7. The Bertz CT molecular complexity index is 343. The summed E-state index contributed by atoms with van der Waals surface area (Å²) < 4.78 is 0. The Balaban J connectivity index is 3.32. The van der Waals surface area contributed by atoms with Gasteiger partial charge in [-0.2, -0.15) is 0 Å². The predicted molar refractivity (Wildman–Crippen MR) is 88.5 cm³/mol. The van der Waals surface area contributed by atoms with Gasteiger partial charge < -0.3 is 15.8 Å². The average molecular weight is 312 g/mol. The van der Waals surface area contributed by atoms with E-state index in [2.05, 4.69) is 5.32 Å². The molecule has 1 unspecified atom stereocenters. The van der Waals surface area contributed by atoms with Crippen LogP contribution in [0.3, 0.4) is 0 Å². The summed E-state index contributed by atoms with van der Waals surface area (Å²) in [7, 11) is 0.